The highest BCUT2D eigenvalue weighted by Crippen LogP contribution is 2.20. The van der Waals surface area contributed by atoms with E-state index in [4.69, 9.17) is 5.11 Å². The Hall–Kier alpha value is -1.30. The van der Waals surface area contributed by atoms with Crippen molar-refractivity contribution in [2.75, 3.05) is 24.6 Å². The minimum atomic E-state index is -4.28. The standard InChI is InChI=1S/C9H11F3N2O/c10-9(11,12)7-14(5-6-15)8-1-3-13-4-2-8/h1-4,15H,5-7H2. The van der Waals surface area contributed by atoms with Crippen LogP contribution >= 0.6 is 0 Å². The Kier molecular flexibility index (Phi) is 3.90. The zero-order chi connectivity index (χ0) is 11.3. The zero-order valence-electron chi connectivity index (χ0n) is 7.91. The molecule has 0 aliphatic rings. The van der Waals surface area contributed by atoms with Crippen LogP contribution in [0.25, 0.3) is 0 Å². The Balaban J connectivity index is 2.75. The molecule has 0 spiro atoms. The number of alkyl halides is 3. The quantitative estimate of drug-likeness (QED) is 0.834. The zero-order valence-corrected chi connectivity index (χ0v) is 7.91. The molecule has 15 heavy (non-hydrogen) atoms. The fraction of sp³-hybridized carbons (Fsp3) is 0.444. The van der Waals surface area contributed by atoms with Gasteiger partial charge in [0, 0.05) is 24.6 Å². The Morgan fingerprint density at radius 2 is 1.87 bits per heavy atom. The van der Waals surface area contributed by atoms with Gasteiger partial charge in [-0.3, -0.25) is 4.98 Å². The van der Waals surface area contributed by atoms with E-state index in [1.165, 1.54) is 24.5 Å². The third-order valence-electron chi connectivity index (χ3n) is 1.77. The van der Waals surface area contributed by atoms with Crippen LogP contribution in [0.15, 0.2) is 24.5 Å². The van der Waals surface area contributed by atoms with Crippen LogP contribution in [0.4, 0.5) is 18.9 Å². The summed E-state index contributed by atoms with van der Waals surface area (Å²) in [6.45, 7) is -1.44. The smallest absolute Gasteiger partial charge is 0.395 e. The second-order valence-electron chi connectivity index (χ2n) is 2.97. The van der Waals surface area contributed by atoms with Crippen LogP contribution in [0.3, 0.4) is 0 Å². The molecular formula is C9H11F3N2O. The highest BCUT2D eigenvalue weighted by molar-refractivity contribution is 5.44. The van der Waals surface area contributed by atoms with E-state index in [0.717, 1.165) is 4.90 Å². The van der Waals surface area contributed by atoms with Gasteiger partial charge in [0.2, 0.25) is 0 Å². The van der Waals surface area contributed by atoms with E-state index in [-0.39, 0.29) is 13.2 Å². The number of anilines is 1. The van der Waals surface area contributed by atoms with Gasteiger partial charge in [0.25, 0.3) is 0 Å². The van der Waals surface area contributed by atoms with Crippen LogP contribution in [0.5, 0.6) is 0 Å². The maximum Gasteiger partial charge on any atom is 0.405 e. The summed E-state index contributed by atoms with van der Waals surface area (Å²) in [6, 6.07) is 2.95. The first-order valence-corrected chi connectivity index (χ1v) is 4.35. The molecule has 0 bridgehead atoms. The molecular weight excluding hydrogens is 209 g/mol. The predicted molar refractivity (Wildman–Crippen MR) is 49.6 cm³/mol. The van der Waals surface area contributed by atoms with Gasteiger partial charge >= 0.3 is 6.18 Å². The number of hydrogen-bond acceptors (Lipinski definition) is 3. The average molecular weight is 220 g/mol. The molecule has 1 aromatic heterocycles. The first-order valence-electron chi connectivity index (χ1n) is 4.35. The minimum Gasteiger partial charge on any atom is -0.395 e. The van der Waals surface area contributed by atoms with Crippen molar-refractivity contribution in [2.24, 2.45) is 0 Å². The van der Waals surface area contributed by atoms with Crippen LogP contribution in [-0.2, 0) is 0 Å². The second kappa shape index (κ2) is 4.97. The van der Waals surface area contributed by atoms with E-state index in [1.807, 2.05) is 0 Å². The lowest BCUT2D eigenvalue weighted by Gasteiger charge is -2.24. The van der Waals surface area contributed by atoms with Crippen molar-refractivity contribution in [3.8, 4) is 0 Å². The lowest BCUT2D eigenvalue weighted by atomic mass is 10.3. The lowest BCUT2D eigenvalue weighted by Crippen LogP contribution is -2.36. The summed E-state index contributed by atoms with van der Waals surface area (Å²) in [7, 11) is 0. The first kappa shape index (κ1) is 11.8. The molecule has 0 aliphatic carbocycles. The van der Waals surface area contributed by atoms with Crippen LogP contribution < -0.4 is 4.90 Å². The van der Waals surface area contributed by atoms with E-state index in [2.05, 4.69) is 4.98 Å². The summed E-state index contributed by atoms with van der Waals surface area (Å²) in [5, 5.41) is 8.67. The van der Waals surface area contributed by atoms with Crippen molar-refractivity contribution in [3.05, 3.63) is 24.5 Å². The molecule has 0 saturated carbocycles. The van der Waals surface area contributed by atoms with Crippen molar-refractivity contribution >= 4 is 5.69 Å². The van der Waals surface area contributed by atoms with Gasteiger partial charge in [0.15, 0.2) is 0 Å². The van der Waals surface area contributed by atoms with Gasteiger partial charge < -0.3 is 10.0 Å². The molecule has 84 valence electrons. The van der Waals surface area contributed by atoms with Crippen molar-refractivity contribution in [1.29, 1.82) is 0 Å². The van der Waals surface area contributed by atoms with Gasteiger partial charge in [-0.05, 0) is 12.1 Å². The second-order valence-corrected chi connectivity index (χ2v) is 2.97. The van der Waals surface area contributed by atoms with E-state index in [9.17, 15) is 13.2 Å². The number of aliphatic hydroxyl groups is 1. The summed E-state index contributed by atoms with van der Waals surface area (Å²) in [5.74, 6) is 0. The molecule has 1 rings (SSSR count). The molecule has 0 radical (unpaired) electrons. The fourth-order valence-corrected chi connectivity index (χ4v) is 1.19. The maximum absolute atomic E-state index is 12.2. The summed E-state index contributed by atoms with van der Waals surface area (Å²) in [5.41, 5.74) is 0.399. The molecule has 1 aromatic rings. The van der Waals surface area contributed by atoms with Gasteiger partial charge in [0.05, 0.1) is 6.61 Å². The Morgan fingerprint density at radius 1 is 1.27 bits per heavy atom. The van der Waals surface area contributed by atoms with Gasteiger partial charge in [-0.2, -0.15) is 13.2 Å². The van der Waals surface area contributed by atoms with E-state index in [0.29, 0.717) is 5.69 Å². The van der Waals surface area contributed by atoms with Crippen molar-refractivity contribution < 1.29 is 18.3 Å². The highest BCUT2D eigenvalue weighted by Gasteiger charge is 2.30. The lowest BCUT2D eigenvalue weighted by molar-refractivity contribution is -0.119. The normalized spacial score (nSPS) is 11.5. The number of aromatic nitrogens is 1. The minimum absolute atomic E-state index is 0.0521. The summed E-state index contributed by atoms with van der Waals surface area (Å²) in [6.07, 6.45) is -1.45. The number of hydrogen-bond donors (Lipinski definition) is 1. The Morgan fingerprint density at radius 3 is 2.33 bits per heavy atom. The number of pyridine rings is 1. The predicted octanol–water partition coefficient (Wildman–Crippen LogP) is 1.44. The summed E-state index contributed by atoms with van der Waals surface area (Å²) >= 11 is 0. The molecule has 0 atom stereocenters. The molecule has 0 fully saturated rings. The van der Waals surface area contributed by atoms with Gasteiger partial charge in [-0.25, -0.2) is 0 Å². The van der Waals surface area contributed by atoms with E-state index >= 15 is 0 Å². The van der Waals surface area contributed by atoms with E-state index < -0.39 is 12.7 Å². The van der Waals surface area contributed by atoms with Gasteiger partial charge in [0.1, 0.15) is 6.54 Å². The van der Waals surface area contributed by atoms with Crippen molar-refractivity contribution in [2.45, 2.75) is 6.18 Å². The van der Waals surface area contributed by atoms with Gasteiger partial charge in [-0.15, -0.1) is 0 Å². The summed E-state index contributed by atoms with van der Waals surface area (Å²) < 4.78 is 36.5. The molecule has 0 aromatic carbocycles. The Labute approximate surface area is 85.2 Å². The van der Waals surface area contributed by atoms with Crippen molar-refractivity contribution in [1.82, 2.24) is 4.98 Å². The molecule has 0 saturated heterocycles. The monoisotopic (exact) mass is 220 g/mol. The average Bonchev–Trinajstić information content (AvgIpc) is 2.17. The Bertz CT molecular complexity index is 289. The number of aliphatic hydroxyl groups excluding tert-OH is 1. The van der Waals surface area contributed by atoms with Gasteiger partial charge in [-0.1, -0.05) is 0 Å². The molecule has 1 heterocycles. The fourth-order valence-electron chi connectivity index (χ4n) is 1.19. The highest BCUT2D eigenvalue weighted by atomic mass is 19.4. The molecule has 0 amide bonds. The van der Waals surface area contributed by atoms with Crippen molar-refractivity contribution in [3.63, 3.8) is 0 Å². The summed E-state index contributed by atoms with van der Waals surface area (Å²) in [4.78, 5) is 4.77. The van der Waals surface area contributed by atoms with Crippen LogP contribution in [0, 0.1) is 0 Å². The molecule has 1 N–H and O–H groups in total. The third kappa shape index (κ3) is 4.16. The largest absolute Gasteiger partial charge is 0.405 e. The van der Waals surface area contributed by atoms with E-state index in [1.54, 1.807) is 0 Å². The third-order valence-corrected chi connectivity index (χ3v) is 1.77. The SMILES string of the molecule is OCCN(CC(F)(F)F)c1ccncc1. The number of halogens is 3. The topological polar surface area (TPSA) is 36.4 Å². The number of rotatable bonds is 4. The van der Waals surface area contributed by atoms with Crippen LogP contribution in [0.1, 0.15) is 0 Å². The van der Waals surface area contributed by atoms with Crippen LogP contribution in [-0.4, -0.2) is 36.0 Å². The molecule has 3 nitrogen and oxygen atoms in total. The molecule has 0 unspecified atom stereocenters. The molecule has 0 aliphatic heterocycles. The van der Waals surface area contributed by atoms with Crippen LogP contribution in [0.2, 0.25) is 0 Å². The molecule has 6 heteroatoms. The first-order chi connectivity index (χ1) is 7.03. The maximum atomic E-state index is 12.2. The number of nitrogens with zero attached hydrogens (tertiary/aromatic N) is 2.